The molecule has 9 nitrogen and oxygen atoms in total. The van der Waals surface area contributed by atoms with Crippen LogP contribution in [0, 0.1) is 0 Å². The van der Waals surface area contributed by atoms with E-state index in [1.807, 2.05) is 18.7 Å². The summed E-state index contributed by atoms with van der Waals surface area (Å²) in [6, 6.07) is 0. The minimum atomic E-state index is -2.56. The first-order valence-electron chi connectivity index (χ1n) is 7.48. The minimum Gasteiger partial charge on any atom is -0.479 e. The van der Waals surface area contributed by atoms with Crippen molar-refractivity contribution < 1.29 is 34.1 Å². The molecule has 0 saturated carbocycles. The maximum Gasteiger partial charge on any atom is 0.336 e. The van der Waals surface area contributed by atoms with Gasteiger partial charge in [-0.25, -0.2) is 4.79 Å². The quantitative estimate of drug-likeness (QED) is 0.382. The molecule has 9 heteroatoms. The average molecular weight is 334 g/mol. The van der Waals surface area contributed by atoms with Crippen LogP contribution in [0.25, 0.3) is 0 Å². The Morgan fingerprint density at radius 1 is 1.04 bits per heavy atom. The summed E-state index contributed by atoms with van der Waals surface area (Å²) in [7, 11) is 0. The zero-order valence-corrected chi connectivity index (χ0v) is 13.6. The molecule has 0 aliphatic carbocycles. The number of likely N-dealkylation sites (N-methyl/N-ethyl adjacent to an activating group) is 1. The van der Waals surface area contributed by atoms with E-state index < -0.39 is 36.4 Å². The van der Waals surface area contributed by atoms with E-state index >= 15 is 0 Å². The second-order valence-electron chi connectivity index (χ2n) is 4.95. The largest absolute Gasteiger partial charge is 0.479 e. The topological polar surface area (TPSA) is 139 Å². The number of carboxylic acid groups (broad SMARTS) is 1. The van der Waals surface area contributed by atoms with Crippen LogP contribution >= 0.6 is 0 Å². The predicted octanol–water partition coefficient (Wildman–Crippen LogP) is -1.03. The normalized spacial score (nSPS) is 13.4. The van der Waals surface area contributed by atoms with Crippen LogP contribution in [0.15, 0.2) is 0 Å². The summed E-state index contributed by atoms with van der Waals surface area (Å²) < 4.78 is 9.52. The van der Waals surface area contributed by atoms with Crippen molar-refractivity contribution in [2.24, 2.45) is 5.73 Å². The fourth-order valence-corrected chi connectivity index (χ4v) is 1.79. The van der Waals surface area contributed by atoms with Crippen LogP contribution in [0.1, 0.15) is 26.7 Å². The third-order valence-corrected chi connectivity index (χ3v) is 3.22. The summed E-state index contributed by atoms with van der Waals surface area (Å²) in [5, 5.41) is 19.0. The summed E-state index contributed by atoms with van der Waals surface area (Å²) in [6.45, 7) is 6.06. The molecular formula is C14H26N2O7. The van der Waals surface area contributed by atoms with Crippen LogP contribution in [0.5, 0.6) is 0 Å². The number of esters is 2. The van der Waals surface area contributed by atoms with Gasteiger partial charge in [-0.3, -0.25) is 9.59 Å². The first-order chi connectivity index (χ1) is 10.8. The van der Waals surface area contributed by atoms with E-state index in [0.717, 1.165) is 13.1 Å². The SMILES string of the molecule is CCN(CC)CCOC(=O)CC(O)(CC(=O)OCCN)C(=O)O. The Bertz CT molecular complexity index is 399. The van der Waals surface area contributed by atoms with Gasteiger partial charge in [0.15, 0.2) is 5.60 Å². The standard InChI is InChI=1S/C14H26N2O7/c1-3-16(4-2)6-8-23-12(18)10-14(21,13(19)20)9-11(17)22-7-5-15/h21H,3-10,15H2,1-2H3,(H,19,20). The number of ether oxygens (including phenoxy) is 2. The van der Waals surface area contributed by atoms with Crippen molar-refractivity contribution in [2.75, 3.05) is 39.4 Å². The van der Waals surface area contributed by atoms with Gasteiger partial charge < -0.3 is 30.3 Å². The van der Waals surface area contributed by atoms with Crippen LogP contribution < -0.4 is 5.73 Å². The van der Waals surface area contributed by atoms with Gasteiger partial charge in [0.25, 0.3) is 0 Å². The second-order valence-corrected chi connectivity index (χ2v) is 4.95. The number of hydrogen-bond donors (Lipinski definition) is 3. The number of nitrogens with two attached hydrogens (primary N) is 1. The highest BCUT2D eigenvalue weighted by molar-refractivity contribution is 5.88. The molecule has 0 fully saturated rings. The Balaban J connectivity index is 4.47. The van der Waals surface area contributed by atoms with E-state index in [0.29, 0.717) is 6.54 Å². The molecule has 4 N–H and O–H groups in total. The zero-order valence-electron chi connectivity index (χ0n) is 13.6. The molecule has 1 unspecified atom stereocenters. The Labute approximate surface area is 135 Å². The predicted molar refractivity (Wildman–Crippen MR) is 80.6 cm³/mol. The van der Waals surface area contributed by atoms with Crippen molar-refractivity contribution >= 4 is 17.9 Å². The molecule has 23 heavy (non-hydrogen) atoms. The maximum atomic E-state index is 11.7. The monoisotopic (exact) mass is 334 g/mol. The molecule has 0 rings (SSSR count). The van der Waals surface area contributed by atoms with Gasteiger partial charge in [0.2, 0.25) is 0 Å². The summed E-state index contributed by atoms with van der Waals surface area (Å²) in [5.74, 6) is -3.53. The van der Waals surface area contributed by atoms with E-state index in [9.17, 15) is 19.5 Å². The van der Waals surface area contributed by atoms with E-state index in [1.165, 1.54) is 0 Å². The third kappa shape index (κ3) is 8.48. The molecule has 0 amide bonds. The number of carbonyl (C=O) groups excluding carboxylic acids is 2. The van der Waals surface area contributed by atoms with Gasteiger partial charge in [-0.2, -0.15) is 0 Å². The summed E-state index contributed by atoms with van der Waals surface area (Å²) in [5.41, 5.74) is 2.59. The Hall–Kier alpha value is -1.71. The summed E-state index contributed by atoms with van der Waals surface area (Å²) >= 11 is 0. The molecule has 0 bridgehead atoms. The fraction of sp³-hybridized carbons (Fsp3) is 0.786. The highest BCUT2D eigenvalue weighted by atomic mass is 16.5. The molecule has 0 heterocycles. The fourth-order valence-electron chi connectivity index (χ4n) is 1.79. The van der Waals surface area contributed by atoms with Crippen LogP contribution in [0.4, 0.5) is 0 Å². The molecule has 0 saturated heterocycles. The van der Waals surface area contributed by atoms with E-state index in [1.54, 1.807) is 0 Å². The highest BCUT2D eigenvalue weighted by Gasteiger charge is 2.42. The van der Waals surface area contributed by atoms with Crippen molar-refractivity contribution in [1.29, 1.82) is 0 Å². The number of carboxylic acids is 1. The minimum absolute atomic E-state index is 0.0740. The van der Waals surface area contributed by atoms with Crippen molar-refractivity contribution in [3.05, 3.63) is 0 Å². The number of carbonyl (C=O) groups is 3. The lowest BCUT2D eigenvalue weighted by Crippen LogP contribution is -2.43. The second kappa shape index (κ2) is 10.9. The third-order valence-electron chi connectivity index (χ3n) is 3.22. The molecule has 0 aromatic heterocycles. The molecule has 134 valence electrons. The Morgan fingerprint density at radius 3 is 1.91 bits per heavy atom. The first kappa shape index (κ1) is 21.3. The van der Waals surface area contributed by atoms with E-state index in [2.05, 4.69) is 4.74 Å². The maximum absolute atomic E-state index is 11.7. The zero-order chi connectivity index (χ0) is 17.9. The van der Waals surface area contributed by atoms with Gasteiger partial charge in [-0.1, -0.05) is 13.8 Å². The number of aliphatic carboxylic acids is 1. The lowest BCUT2D eigenvalue weighted by atomic mass is 9.96. The highest BCUT2D eigenvalue weighted by Crippen LogP contribution is 2.18. The molecule has 1 atom stereocenters. The molecule has 0 aromatic carbocycles. The molecule has 0 aromatic rings. The lowest BCUT2D eigenvalue weighted by Gasteiger charge is -2.22. The van der Waals surface area contributed by atoms with Gasteiger partial charge >= 0.3 is 17.9 Å². The van der Waals surface area contributed by atoms with Crippen LogP contribution in [0.3, 0.4) is 0 Å². The van der Waals surface area contributed by atoms with Gasteiger partial charge in [0.1, 0.15) is 13.2 Å². The first-order valence-corrected chi connectivity index (χ1v) is 7.48. The van der Waals surface area contributed by atoms with Crippen molar-refractivity contribution in [1.82, 2.24) is 4.90 Å². The Morgan fingerprint density at radius 2 is 1.52 bits per heavy atom. The van der Waals surface area contributed by atoms with Crippen molar-refractivity contribution in [3.63, 3.8) is 0 Å². The van der Waals surface area contributed by atoms with Crippen LogP contribution in [-0.4, -0.2) is 78.0 Å². The number of hydrogen-bond acceptors (Lipinski definition) is 8. The van der Waals surface area contributed by atoms with Gasteiger partial charge in [-0.05, 0) is 13.1 Å². The number of nitrogens with zero attached hydrogens (tertiary/aromatic N) is 1. The lowest BCUT2D eigenvalue weighted by molar-refractivity contribution is -0.173. The number of rotatable bonds is 12. The average Bonchev–Trinajstić information content (AvgIpc) is 2.49. The van der Waals surface area contributed by atoms with Gasteiger partial charge in [-0.15, -0.1) is 0 Å². The molecule has 0 aliphatic rings. The molecule has 0 spiro atoms. The van der Waals surface area contributed by atoms with Crippen LogP contribution in [-0.2, 0) is 23.9 Å². The van der Waals surface area contributed by atoms with Crippen LogP contribution in [0.2, 0.25) is 0 Å². The van der Waals surface area contributed by atoms with Crippen molar-refractivity contribution in [3.8, 4) is 0 Å². The molecular weight excluding hydrogens is 308 g/mol. The molecule has 0 aliphatic heterocycles. The van der Waals surface area contributed by atoms with E-state index in [-0.39, 0.29) is 19.8 Å². The number of aliphatic hydroxyl groups is 1. The van der Waals surface area contributed by atoms with Crippen molar-refractivity contribution in [2.45, 2.75) is 32.3 Å². The summed E-state index contributed by atoms with van der Waals surface area (Å²) in [6.07, 6.45) is -1.69. The molecule has 0 radical (unpaired) electrons. The summed E-state index contributed by atoms with van der Waals surface area (Å²) in [4.78, 5) is 36.3. The van der Waals surface area contributed by atoms with Gasteiger partial charge in [0, 0.05) is 13.1 Å². The smallest absolute Gasteiger partial charge is 0.336 e. The Kier molecular flexibility index (Phi) is 10.1. The van der Waals surface area contributed by atoms with Gasteiger partial charge in [0.05, 0.1) is 12.8 Å². The van der Waals surface area contributed by atoms with E-state index in [4.69, 9.17) is 15.6 Å².